The van der Waals surface area contributed by atoms with Crippen LogP contribution >= 0.6 is 15.9 Å². The molecule has 0 bridgehead atoms. The minimum Gasteiger partial charge on any atom is -0.399 e. The Labute approximate surface area is 124 Å². The summed E-state index contributed by atoms with van der Waals surface area (Å²) in [5, 5.41) is 19.0. The highest BCUT2D eigenvalue weighted by atomic mass is 79.9. The minimum atomic E-state index is -0.713. The van der Waals surface area contributed by atoms with Gasteiger partial charge in [0.1, 0.15) is 6.10 Å². The highest BCUT2D eigenvalue weighted by Gasteiger charge is 2.40. The van der Waals surface area contributed by atoms with Crippen molar-refractivity contribution in [3.63, 3.8) is 0 Å². The second-order valence-corrected chi connectivity index (χ2v) is 5.89. The molecule has 4 N–H and O–H groups in total. The number of allylic oxidation sites excluding steroid dienone is 5. The van der Waals surface area contributed by atoms with Gasteiger partial charge in [0.25, 0.3) is 0 Å². The molecule has 0 amide bonds. The second-order valence-electron chi connectivity index (χ2n) is 5.04. The molecule has 1 fully saturated rings. The van der Waals surface area contributed by atoms with Crippen molar-refractivity contribution in [3.8, 4) is 0 Å². The standard InChI is InChI=1S/C14H14BrNO4/c15-9-3-7-8(1-6(16)2-10(7)18)14(9)12-4-11(19)13(5-17)20-12/h1-3,11-13,17,19H,4-5,16H2/t11-,12+,13+/m0/s1. The van der Waals surface area contributed by atoms with Crippen LogP contribution in [-0.4, -0.2) is 40.9 Å². The molecule has 0 unspecified atom stereocenters. The highest BCUT2D eigenvalue weighted by Crippen LogP contribution is 2.43. The smallest absolute Gasteiger partial charge is 0.188 e. The molecule has 1 saturated heterocycles. The van der Waals surface area contributed by atoms with E-state index in [0.717, 1.165) is 15.6 Å². The van der Waals surface area contributed by atoms with Gasteiger partial charge >= 0.3 is 0 Å². The summed E-state index contributed by atoms with van der Waals surface area (Å²) in [4.78, 5) is 11.9. The van der Waals surface area contributed by atoms with Crippen molar-refractivity contribution < 1.29 is 19.7 Å². The molecule has 0 spiro atoms. The third kappa shape index (κ3) is 2.09. The zero-order chi connectivity index (χ0) is 14.4. The summed E-state index contributed by atoms with van der Waals surface area (Å²) < 4.78 is 6.42. The van der Waals surface area contributed by atoms with Crippen LogP contribution in [0.5, 0.6) is 0 Å². The number of rotatable bonds is 2. The number of carbonyl (C=O) groups excluding carboxylic acids is 1. The first-order valence-corrected chi connectivity index (χ1v) is 7.10. The third-order valence-electron chi connectivity index (χ3n) is 3.71. The van der Waals surface area contributed by atoms with Crippen LogP contribution in [0.25, 0.3) is 0 Å². The van der Waals surface area contributed by atoms with Gasteiger partial charge in [-0.3, -0.25) is 4.79 Å². The fourth-order valence-corrected chi connectivity index (χ4v) is 3.46. The molecular weight excluding hydrogens is 326 g/mol. The van der Waals surface area contributed by atoms with Gasteiger partial charge in [-0.25, -0.2) is 0 Å². The first-order valence-electron chi connectivity index (χ1n) is 6.31. The zero-order valence-corrected chi connectivity index (χ0v) is 12.1. The van der Waals surface area contributed by atoms with E-state index < -0.39 is 12.2 Å². The molecule has 3 aliphatic rings. The van der Waals surface area contributed by atoms with Crippen LogP contribution in [0.3, 0.4) is 0 Å². The van der Waals surface area contributed by atoms with Gasteiger partial charge in [-0.15, -0.1) is 0 Å². The van der Waals surface area contributed by atoms with Crippen molar-refractivity contribution >= 4 is 21.7 Å². The van der Waals surface area contributed by atoms with Crippen molar-refractivity contribution in [1.82, 2.24) is 0 Å². The number of hydrogen-bond donors (Lipinski definition) is 3. The van der Waals surface area contributed by atoms with E-state index in [1.807, 2.05) is 0 Å². The molecule has 0 aromatic carbocycles. The number of ether oxygens (including phenoxy) is 1. The van der Waals surface area contributed by atoms with Gasteiger partial charge in [-0.2, -0.15) is 0 Å². The maximum absolute atomic E-state index is 11.9. The molecule has 20 heavy (non-hydrogen) atoms. The molecule has 2 aliphatic carbocycles. The fourth-order valence-electron chi connectivity index (χ4n) is 2.76. The number of fused-ring (bicyclic) bond motifs is 1. The van der Waals surface area contributed by atoms with Gasteiger partial charge in [0.05, 0.1) is 18.8 Å². The van der Waals surface area contributed by atoms with Gasteiger partial charge in [0, 0.05) is 33.8 Å². The Balaban J connectivity index is 1.94. The molecule has 6 heteroatoms. The number of aliphatic hydroxyl groups is 2. The van der Waals surface area contributed by atoms with E-state index in [9.17, 15) is 9.90 Å². The number of aliphatic hydroxyl groups excluding tert-OH is 2. The van der Waals surface area contributed by atoms with E-state index >= 15 is 0 Å². The Kier molecular flexibility index (Phi) is 3.41. The van der Waals surface area contributed by atoms with E-state index in [4.69, 9.17) is 15.6 Å². The lowest BCUT2D eigenvalue weighted by Crippen LogP contribution is -2.24. The summed E-state index contributed by atoms with van der Waals surface area (Å²) >= 11 is 3.44. The van der Waals surface area contributed by atoms with E-state index in [-0.39, 0.29) is 18.5 Å². The lowest BCUT2D eigenvalue weighted by Gasteiger charge is -2.18. The largest absolute Gasteiger partial charge is 0.399 e. The Hall–Kier alpha value is -1.21. The first kappa shape index (κ1) is 13.8. The fraction of sp³-hybridized carbons (Fsp3) is 0.357. The third-order valence-corrected chi connectivity index (χ3v) is 4.36. The lowest BCUT2D eigenvalue weighted by atomic mass is 9.91. The van der Waals surface area contributed by atoms with Crippen molar-refractivity contribution in [2.45, 2.75) is 24.7 Å². The zero-order valence-electron chi connectivity index (χ0n) is 10.5. The summed E-state index contributed by atoms with van der Waals surface area (Å²) in [6.45, 7) is -0.233. The lowest BCUT2D eigenvalue weighted by molar-refractivity contribution is -0.111. The molecule has 0 aromatic heterocycles. The molecule has 106 valence electrons. The molecule has 0 saturated carbocycles. The predicted octanol–water partition coefficient (Wildman–Crippen LogP) is 0.438. The SMILES string of the molecule is NC1=CC(=O)C2=CC(Br)=C([C@H]3C[C@H](O)[C@@H](CO)O3)C2=C1. The molecule has 1 aliphatic heterocycles. The Morgan fingerprint density at radius 2 is 2.10 bits per heavy atom. The van der Waals surface area contributed by atoms with Gasteiger partial charge in [0.15, 0.2) is 5.78 Å². The maximum atomic E-state index is 11.9. The summed E-state index contributed by atoms with van der Waals surface area (Å²) in [6.07, 6.45) is 3.58. The molecule has 0 aromatic rings. The van der Waals surface area contributed by atoms with Gasteiger partial charge in [0.2, 0.25) is 0 Å². The van der Waals surface area contributed by atoms with E-state index in [0.29, 0.717) is 17.7 Å². The molecule has 1 heterocycles. The van der Waals surface area contributed by atoms with Crippen LogP contribution in [0.2, 0.25) is 0 Å². The Morgan fingerprint density at radius 3 is 2.75 bits per heavy atom. The van der Waals surface area contributed by atoms with Crippen LogP contribution in [0.1, 0.15) is 6.42 Å². The van der Waals surface area contributed by atoms with E-state index in [2.05, 4.69) is 15.9 Å². The first-order chi connectivity index (χ1) is 9.51. The predicted molar refractivity (Wildman–Crippen MR) is 75.8 cm³/mol. The van der Waals surface area contributed by atoms with Crippen LogP contribution in [-0.2, 0) is 9.53 Å². The van der Waals surface area contributed by atoms with Crippen molar-refractivity contribution in [1.29, 1.82) is 0 Å². The van der Waals surface area contributed by atoms with Crippen LogP contribution < -0.4 is 5.73 Å². The molecule has 3 atom stereocenters. The molecule has 3 rings (SSSR count). The van der Waals surface area contributed by atoms with Crippen molar-refractivity contribution in [2.75, 3.05) is 6.61 Å². The van der Waals surface area contributed by atoms with Gasteiger partial charge in [-0.1, -0.05) is 15.9 Å². The van der Waals surface area contributed by atoms with E-state index in [1.165, 1.54) is 6.08 Å². The highest BCUT2D eigenvalue weighted by molar-refractivity contribution is 9.12. The quantitative estimate of drug-likeness (QED) is 0.678. The summed E-state index contributed by atoms with van der Waals surface area (Å²) in [5.74, 6) is -0.135. The normalized spacial score (nSPS) is 33.0. The Bertz CT molecular complexity index is 602. The van der Waals surface area contributed by atoms with Crippen molar-refractivity contribution in [3.05, 3.63) is 45.1 Å². The van der Waals surface area contributed by atoms with Gasteiger partial charge in [-0.05, 0) is 17.7 Å². The minimum absolute atomic E-state index is 0.135. The topological polar surface area (TPSA) is 92.8 Å². The summed E-state index contributed by atoms with van der Waals surface area (Å²) in [7, 11) is 0. The monoisotopic (exact) mass is 339 g/mol. The molecular formula is C14H14BrNO4. The molecule has 0 radical (unpaired) electrons. The summed E-state index contributed by atoms with van der Waals surface area (Å²) in [6, 6.07) is 0. The number of nitrogens with two attached hydrogens (primary N) is 1. The van der Waals surface area contributed by atoms with Crippen LogP contribution in [0, 0.1) is 0 Å². The second kappa shape index (κ2) is 4.96. The van der Waals surface area contributed by atoms with Gasteiger partial charge < -0.3 is 20.7 Å². The van der Waals surface area contributed by atoms with Crippen LogP contribution in [0.15, 0.2) is 45.1 Å². The number of halogens is 1. The number of carbonyl (C=O) groups is 1. The maximum Gasteiger partial charge on any atom is 0.188 e. The average molecular weight is 340 g/mol. The van der Waals surface area contributed by atoms with Crippen molar-refractivity contribution in [2.24, 2.45) is 5.73 Å². The number of ketones is 1. The Morgan fingerprint density at radius 1 is 1.35 bits per heavy atom. The van der Waals surface area contributed by atoms with E-state index in [1.54, 1.807) is 12.2 Å². The summed E-state index contributed by atoms with van der Waals surface area (Å²) in [5.41, 5.74) is 8.25. The molecule has 5 nitrogen and oxygen atoms in total. The van der Waals surface area contributed by atoms with Crippen LogP contribution in [0.4, 0.5) is 0 Å². The average Bonchev–Trinajstić information content (AvgIpc) is 2.89. The number of hydrogen-bond acceptors (Lipinski definition) is 5.